The van der Waals surface area contributed by atoms with E-state index in [-0.39, 0.29) is 11.7 Å². The molecule has 24 heavy (non-hydrogen) atoms. The number of hydrogen-bond acceptors (Lipinski definition) is 4. The molecule has 0 aliphatic heterocycles. The van der Waals surface area contributed by atoms with Crippen molar-refractivity contribution in [3.05, 3.63) is 58.1 Å². The molecule has 0 bridgehead atoms. The van der Waals surface area contributed by atoms with Gasteiger partial charge in [0.05, 0.1) is 11.8 Å². The van der Waals surface area contributed by atoms with Crippen molar-refractivity contribution in [3.8, 4) is 0 Å². The minimum absolute atomic E-state index is 0.137. The number of aromatic nitrogens is 2. The van der Waals surface area contributed by atoms with Crippen LogP contribution >= 0.6 is 23.2 Å². The maximum Gasteiger partial charge on any atom is 0.184 e. The Bertz CT molecular complexity index is 730. The fourth-order valence-electron chi connectivity index (χ4n) is 2.33. The number of hydrogen-bond donors (Lipinski definition) is 1. The fourth-order valence-corrected chi connectivity index (χ4v) is 2.66. The van der Waals surface area contributed by atoms with Gasteiger partial charge in [0.1, 0.15) is 5.69 Å². The molecule has 2 aromatic heterocycles. The van der Waals surface area contributed by atoms with Gasteiger partial charge in [-0.05, 0) is 55.9 Å². The van der Waals surface area contributed by atoms with Crippen LogP contribution in [0, 0.1) is 11.8 Å². The summed E-state index contributed by atoms with van der Waals surface area (Å²) in [6.07, 6.45) is 7.01. The lowest BCUT2D eigenvalue weighted by Crippen LogP contribution is -2.03. The van der Waals surface area contributed by atoms with Gasteiger partial charge in [0, 0.05) is 28.4 Å². The second-order valence-electron chi connectivity index (χ2n) is 6.18. The topological polar surface area (TPSA) is 63.1 Å². The van der Waals surface area contributed by atoms with E-state index in [4.69, 9.17) is 23.2 Å². The number of aliphatic hydroxyl groups excluding tert-OH is 1. The molecule has 4 nitrogen and oxygen atoms in total. The Balaban J connectivity index is 0.000000141. The Morgan fingerprint density at radius 1 is 1.04 bits per heavy atom. The highest BCUT2D eigenvalue weighted by atomic mass is 35.5. The maximum absolute atomic E-state index is 11.4. The van der Waals surface area contributed by atoms with Gasteiger partial charge in [0.2, 0.25) is 0 Å². The van der Waals surface area contributed by atoms with Crippen LogP contribution in [0.2, 0.25) is 10.0 Å². The summed E-state index contributed by atoms with van der Waals surface area (Å²) in [6.45, 7) is 0. The van der Waals surface area contributed by atoms with Crippen molar-refractivity contribution in [1.29, 1.82) is 0 Å². The highest BCUT2D eigenvalue weighted by Crippen LogP contribution is 2.40. The summed E-state index contributed by atoms with van der Waals surface area (Å²) < 4.78 is 0. The molecule has 2 heterocycles. The summed E-state index contributed by atoms with van der Waals surface area (Å²) in [6, 6.07) is 6.74. The van der Waals surface area contributed by atoms with E-state index in [9.17, 15) is 9.90 Å². The molecule has 1 unspecified atom stereocenters. The smallest absolute Gasteiger partial charge is 0.184 e. The maximum atomic E-state index is 11.4. The van der Waals surface area contributed by atoms with Crippen molar-refractivity contribution in [1.82, 2.24) is 9.97 Å². The predicted molar refractivity (Wildman–Crippen MR) is 93.2 cm³/mol. The van der Waals surface area contributed by atoms with Crippen LogP contribution in [0.3, 0.4) is 0 Å². The third-order valence-electron chi connectivity index (χ3n) is 4.04. The van der Waals surface area contributed by atoms with E-state index < -0.39 is 6.10 Å². The van der Waals surface area contributed by atoms with Crippen LogP contribution in [0.15, 0.2) is 36.7 Å². The molecule has 1 atom stereocenters. The lowest BCUT2D eigenvalue weighted by Gasteiger charge is -2.07. The minimum Gasteiger partial charge on any atom is -0.387 e. The van der Waals surface area contributed by atoms with Gasteiger partial charge in [0.25, 0.3) is 0 Å². The molecule has 126 valence electrons. The Kier molecular flexibility index (Phi) is 5.49. The average Bonchev–Trinajstić information content (AvgIpc) is 3.47. The molecule has 6 heteroatoms. The molecule has 2 fully saturated rings. The SMILES string of the molecule is O=C(c1cc(Cl)ccn1)C1CC1.OC(c1cc(Cl)ccn1)C1CC1. The molecule has 2 saturated carbocycles. The molecule has 0 aromatic carbocycles. The van der Waals surface area contributed by atoms with Crippen LogP contribution in [-0.4, -0.2) is 20.9 Å². The van der Waals surface area contributed by atoms with Gasteiger partial charge >= 0.3 is 0 Å². The monoisotopic (exact) mass is 364 g/mol. The van der Waals surface area contributed by atoms with E-state index in [0.717, 1.165) is 25.7 Å². The molecule has 2 aromatic rings. The number of nitrogens with zero attached hydrogens (tertiary/aromatic N) is 2. The van der Waals surface area contributed by atoms with Crippen molar-refractivity contribution in [2.75, 3.05) is 0 Å². The largest absolute Gasteiger partial charge is 0.387 e. The van der Waals surface area contributed by atoms with Crippen LogP contribution in [0.1, 0.15) is 48.0 Å². The number of aliphatic hydroxyl groups is 1. The van der Waals surface area contributed by atoms with Crippen LogP contribution in [0.4, 0.5) is 0 Å². The fraction of sp³-hybridized carbons (Fsp3) is 0.389. The van der Waals surface area contributed by atoms with Crippen molar-refractivity contribution < 1.29 is 9.90 Å². The number of ketones is 1. The summed E-state index contributed by atoms with van der Waals surface area (Å²) in [7, 11) is 0. The first-order valence-electron chi connectivity index (χ1n) is 8.00. The zero-order chi connectivity index (χ0) is 17.1. The summed E-state index contributed by atoms with van der Waals surface area (Å²) in [5.74, 6) is 0.768. The Labute approximate surface area is 150 Å². The predicted octanol–water partition coefficient (Wildman–Crippen LogP) is 4.51. The summed E-state index contributed by atoms with van der Waals surface area (Å²) in [4.78, 5) is 19.5. The van der Waals surface area contributed by atoms with Gasteiger partial charge in [-0.15, -0.1) is 0 Å². The summed E-state index contributed by atoms with van der Waals surface area (Å²) >= 11 is 11.5. The van der Waals surface area contributed by atoms with Crippen LogP contribution in [0.5, 0.6) is 0 Å². The second kappa shape index (κ2) is 7.60. The minimum atomic E-state index is -0.413. The number of carbonyl (C=O) groups is 1. The number of carbonyl (C=O) groups excluding carboxylic acids is 1. The highest BCUT2D eigenvalue weighted by Gasteiger charge is 2.32. The standard InChI is InChI=1S/C9H10ClNO.C9H8ClNO/c2*10-7-3-4-11-8(5-7)9(12)6-1-2-6/h3-6,9,12H,1-2H2;3-6H,1-2H2. The van der Waals surface area contributed by atoms with Gasteiger partial charge in [-0.3, -0.25) is 14.8 Å². The normalized spacial score (nSPS) is 17.6. The Morgan fingerprint density at radius 3 is 2.21 bits per heavy atom. The van der Waals surface area contributed by atoms with Crippen LogP contribution in [-0.2, 0) is 0 Å². The quantitative estimate of drug-likeness (QED) is 0.810. The highest BCUT2D eigenvalue weighted by molar-refractivity contribution is 6.31. The first-order chi connectivity index (χ1) is 11.5. The van der Waals surface area contributed by atoms with E-state index in [0.29, 0.717) is 27.4 Å². The average molecular weight is 365 g/mol. The number of pyridine rings is 2. The Morgan fingerprint density at radius 2 is 1.67 bits per heavy atom. The molecule has 1 N–H and O–H groups in total. The van der Waals surface area contributed by atoms with Crippen molar-refractivity contribution in [3.63, 3.8) is 0 Å². The van der Waals surface area contributed by atoms with Gasteiger partial charge in [-0.1, -0.05) is 23.2 Å². The molecule has 0 saturated heterocycles. The van der Waals surface area contributed by atoms with Gasteiger partial charge in [-0.2, -0.15) is 0 Å². The molecular formula is C18H18Cl2N2O2. The van der Waals surface area contributed by atoms with Crippen LogP contribution in [0.25, 0.3) is 0 Å². The molecule has 0 spiro atoms. The summed E-state index contributed by atoms with van der Waals surface area (Å²) in [5.41, 5.74) is 1.20. The molecule has 0 radical (unpaired) electrons. The lowest BCUT2D eigenvalue weighted by atomic mass is 10.1. The third-order valence-corrected chi connectivity index (χ3v) is 4.51. The molecule has 2 aliphatic carbocycles. The lowest BCUT2D eigenvalue weighted by molar-refractivity contribution is 0.0963. The number of halogens is 2. The first-order valence-corrected chi connectivity index (χ1v) is 8.75. The van der Waals surface area contributed by atoms with Gasteiger partial charge < -0.3 is 5.11 Å². The van der Waals surface area contributed by atoms with Crippen LogP contribution < -0.4 is 0 Å². The van der Waals surface area contributed by atoms with E-state index in [1.165, 1.54) is 0 Å². The summed E-state index contributed by atoms with van der Waals surface area (Å²) in [5, 5.41) is 10.9. The zero-order valence-corrected chi connectivity index (χ0v) is 14.5. The van der Waals surface area contributed by atoms with E-state index in [1.54, 1.807) is 36.7 Å². The Hall–Kier alpha value is -1.49. The van der Waals surface area contributed by atoms with E-state index in [1.807, 2.05) is 0 Å². The second-order valence-corrected chi connectivity index (χ2v) is 7.05. The van der Waals surface area contributed by atoms with Gasteiger partial charge in [-0.25, -0.2) is 0 Å². The van der Waals surface area contributed by atoms with Crippen molar-refractivity contribution >= 4 is 29.0 Å². The van der Waals surface area contributed by atoms with Crippen molar-refractivity contribution in [2.24, 2.45) is 11.8 Å². The van der Waals surface area contributed by atoms with E-state index in [2.05, 4.69) is 9.97 Å². The molecule has 0 amide bonds. The van der Waals surface area contributed by atoms with Gasteiger partial charge in [0.15, 0.2) is 5.78 Å². The van der Waals surface area contributed by atoms with E-state index >= 15 is 0 Å². The molecule has 4 rings (SSSR count). The molecular weight excluding hydrogens is 347 g/mol. The molecule has 2 aliphatic rings. The zero-order valence-electron chi connectivity index (χ0n) is 13.0. The van der Waals surface area contributed by atoms with Crippen molar-refractivity contribution in [2.45, 2.75) is 31.8 Å². The third kappa shape index (κ3) is 4.76. The number of Topliss-reactive ketones (excluding diaryl/α,β-unsaturated/α-hetero) is 1. The first kappa shape index (κ1) is 17.3. The number of rotatable bonds is 4.